The monoisotopic (exact) mass is 565 g/mol. The van der Waals surface area contributed by atoms with E-state index in [-0.39, 0.29) is 12.2 Å². The molecule has 5 rings (SSSR count). The van der Waals surface area contributed by atoms with E-state index in [2.05, 4.69) is 15.3 Å². The van der Waals surface area contributed by atoms with E-state index in [0.717, 1.165) is 33.8 Å². The number of nitrogens with zero attached hydrogens (tertiary/aromatic N) is 2. The number of fused-ring (bicyclic) bond motifs is 2. The van der Waals surface area contributed by atoms with E-state index in [1.807, 2.05) is 103 Å². The van der Waals surface area contributed by atoms with Gasteiger partial charge in [-0.05, 0) is 62.1 Å². The number of Topliss-reactive ketones (excluding diaryl/α,β-unsaturated/α-hetero) is 1. The number of aromatic nitrogens is 2. The van der Waals surface area contributed by atoms with E-state index in [1.54, 1.807) is 6.92 Å². The van der Waals surface area contributed by atoms with Crippen molar-refractivity contribution in [1.82, 2.24) is 15.3 Å². The number of para-hydroxylation sites is 2. The predicted molar refractivity (Wildman–Crippen MR) is 168 cm³/mol. The van der Waals surface area contributed by atoms with Gasteiger partial charge in [0.15, 0.2) is 11.5 Å². The van der Waals surface area contributed by atoms with Gasteiger partial charge in [-0.1, -0.05) is 73.7 Å². The molecule has 218 valence electrons. The molecular weight excluding hydrogens is 526 g/mol. The molecule has 8 nitrogen and oxygen atoms in total. The number of pyridine rings is 2. The molecule has 2 atom stereocenters. The highest BCUT2D eigenvalue weighted by molar-refractivity contribution is 5.91. The molecule has 0 fully saturated rings. The third-order valence-corrected chi connectivity index (χ3v) is 7.00. The van der Waals surface area contributed by atoms with Crippen LogP contribution in [-0.2, 0) is 11.2 Å². The first kappa shape index (κ1) is 30.7. The van der Waals surface area contributed by atoms with Gasteiger partial charge in [0.1, 0.15) is 0 Å². The number of benzene rings is 3. The van der Waals surface area contributed by atoms with Crippen LogP contribution in [0.3, 0.4) is 0 Å². The van der Waals surface area contributed by atoms with Gasteiger partial charge in [-0.25, -0.2) is 9.97 Å². The number of nitrogens with two attached hydrogens (primary N) is 2. The standard InChI is InChI=1S/C18H12N2O.C16H27N3O2/c1-3-7-15-13(5-1)9-11-17(19-15)21-18-12-10-14-6-2-4-8-16(14)20-18;1-2-16(21,15(20)14(18)9-6-11-17)19-12-10-13-7-4-3-5-8-13/h1-12H;3-5,7-8,14,19,21H,2,6,9-12,17-18H2,1H3/t;14-,16?/m.1/s1. The summed E-state index contributed by atoms with van der Waals surface area (Å²) in [4.78, 5) is 21.2. The smallest absolute Gasteiger partial charge is 0.221 e. The summed E-state index contributed by atoms with van der Waals surface area (Å²) in [6, 6.07) is 32.9. The van der Waals surface area contributed by atoms with Crippen molar-refractivity contribution in [3.05, 3.63) is 109 Å². The van der Waals surface area contributed by atoms with Gasteiger partial charge in [0.25, 0.3) is 0 Å². The minimum atomic E-state index is -1.55. The lowest BCUT2D eigenvalue weighted by atomic mass is 9.96. The fourth-order valence-corrected chi connectivity index (χ4v) is 4.54. The SMILES string of the molecule is CCC(O)(NCCc1ccccc1)C(=O)[C@H](N)CCCN.c1ccc2nc(Oc3ccc4ccccc4n3)ccc2c1. The first-order valence-corrected chi connectivity index (χ1v) is 14.3. The number of hydrogen-bond acceptors (Lipinski definition) is 8. The average molecular weight is 566 g/mol. The molecule has 2 aromatic heterocycles. The van der Waals surface area contributed by atoms with E-state index >= 15 is 0 Å². The van der Waals surface area contributed by atoms with Crippen LogP contribution in [0.2, 0.25) is 0 Å². The molecule has 1 unspecified atom stereocenters. The van der Waals surface area contributed by atoms with Gasteiger partial charge in [0.05, 0.1) is 17.1 Å². The third-order valence-electron chi connectivity index (χ3n) is 7.00. The number of ketones is 1. The molecule has 42 heavy (non-hydrogen) atoms. The molecule has 6 N–H and O–H groups in total. The maximum Gasteiger partial charge on any atom is 0.221 e. The predicted octanol–water partition coefficient (Wildman–Crippen LogP) is 5.13. The first-order valence-electron chi connectivity index (χ1n) is 14.3. The number of nitrogens with one attached hydrogen (secondary N) is 1. The quantitative estimate of drug-likeness (QED) is 0.153. The van der Waals surface area contributed by atoms with Crippen LogP contribution in [0.4, 0.5) is 0 Å². The Labute approximate surface area is 246 Å². The van der Waals surface area contributed by atoms with Crippen molar-refractivity contribution in [2.45, 2.75) is 44.4 Å². The summed E-state index contributed by atoms with van der Waals surface area (Å²) >= 11 is 0. The molecule has 0 spiro atoms. The molecular formula is C34H39N5O3. The van der Waals surface area contributed by atoms with E-state index in [4.69, 9.17) is 16.2 Å². The van der Waals surface area contributed by atoms with Crippen LogP contribution in [-0.4, -0.2) is 45.7 Å². The Morgan fingerprint density at radius 1 is 0.857 bits per heavy atom. The zero-order chi connectivity index (χ0) is 29.8. The van der Waals surface area contributed by atoms with E-state index < -0.39 is 11.8 Å². The Morgan fingerprint density at radius 3 is 1.95 bits per heavy atom. The van der Waals surface area contributed by atoms with Crippen LogP contribution in [0.25, 0.3) is 21.8 Å². The highest BCUT2D eigenvalue weighted by Gasteiger charge is 2.36. The Balaban J connectivity index is 0.000000193. The van der Waals surface area contributed by atoms with Crippen LogP contribution in [0, 0.1) is 0 Å². The molecule has 0 saturated carbocycles. The van der Waals surface area contributed by atoms with Gasteiger partial charge in [-0.3, -0.25) is 10.1 Å². The van der Waals surface area contributed by atoms with Crippen molar-refractivity contribution in [3.8, 4) is 11.8 Å². The normalized spacial score (nSPS) is 13.1. The molecule has 8 heteroatoms. The van der Waals surface area contributed by atoms with Crippen molar-refractivity contribution < 1.29 is 14.6 Å². The summed E-state index contributed by atoms with van der Waals surface area (Å²) in [5.74, 6) is 0.750. The van der Waals surface area contributed by atoms with Crippen LogP contribution < -0.4 is 21.5 Å². The van der Waals surface area contributed by atoms with Crippen LogP contribution in [0.15, 0.2) is 103 Å². The van der Waals surface area contributed by atoms with E-state index in [0.29, 0.717) is 37.7 Å². The highest BCUT2D eigenvalue weighted by Crippen LogP contribution is 2.23. The molecule has 0 bridgehead atoms. The lowest BCUT2D eigenvalue weighted by Gasteiger charge is -2.29. The number of ether oxygens (including phenoxy) is 1. The lowest BCUT2D eigenvalue weighted by Crippen LogP contribution is -2.57. The van der Waals surface area contributed by atoms with Crippen LogP contribution >= 0.6 is 0 Å². The van der Waals surface area contributed by atoms with Crippen LogP contribution in [0.1, 0.15) is 31.7 Å². The number of carbonyl (C=O) groups is 1. The van der Waals surface area contributed by atoms with Crippen LogP contribution in [0.5, 0.6) is 11.8 Å². The molecule has 0 saturated heterocycles. The number of aliphatic hydroxyl groups is 1. The number of hydrogen-bond donors (Lipinski definition) is 4. The summed E-state index contributed by atoms with van der Waals surface area (Å²) in [6.07, 6.45) is 2.21. The van der Waals surface area contributed by atoms with Gasteiger partial charge in [0.2, 0.25) is 11.8 Å². The van der Waals surface area contributed by atoms with Gasteiger partial charge < -0.3 is 21.3 Å². The molecule has 0 aliphatic heterocycles. The summed E-state index contributed by atoms with van der Waals surface area (Å²) in [5, 5.41) is 15.6. The fourth-order valence-electron chi connectivity index (χ4n) is 4.54. The second kappa shape index (κ2) is 15.1. The van der Waals surface area contributed by atoms with Gasteiger partial charge in [0, 0.05) is 29.4 Å². The lowest BCUT2D eigenvalue weighted by molar-refractivity contribution is -0.143. The van der Waals surface area contributed by atoms with Gasteiger partial charge >= 0.3 is 0 Å². The minimum absolute atomic E-state index is 0.289. The first-order chi connectivity index (χ1) is 20.4. The van der Waals surface area contributed by atoms with Crippen molar-refractivity contribution >= 4 is 27.6 Å². The van der Waals surface area contributed by atoms with E-state index in [9.17, 15) is 9.90 Å². The maximum absolute atomic E-state index is 12.3. The zero-order valence-corrected chi connectivity index (χ0v) is 23.9. The molecule has 0 amide bonds. The Kier molecular flexibility index (Phi) is 11.1. The summed E-state index contributed by atoms with van der Waals surface area (Å²) in [5.41, 5.74) is 12.7. The summed E-state index contributed by atoms with van der Waals surface area (Å²) < 4.78 is 5.77. The molecule has 0 aliphatic rings. The number of rotatable bonds is 12. The second-order valence-electron chi connectivity index (χ2n) is 10.1. The van der Waals surface area contributed by atoms with Crippen molar-refractivity contribution in [2.75, 3.05) is 13.1 Å². The number of carbonyl (C=O) groups excluding carboxylic acids is 1. The van der Waals surface area contributed by atoms with Gasteiger partial charge in [-0.15, -0.1) is 0 Å². The topological polar surface area (TPSA) is 136 Å². The van der Waals surface area contributed by atoms with Crippen molar-refractivity contribution in [3.63, 3.8) is 0 Å². The second-order valence-corrected chi connectivity index (χ2v) is 10.1. The molecule has 0 radical (unpaired) electrons. The molecule has 5 aromatic rings. The van der Waals surface area contributed by atoms with E-state index in [1.165, 1.54) is 0 Å². The van der Waals surface area contributed by atoms with Crippen molar-refractivity contribution in [2.24, 2.45) is 11.5 Å². The average Bonchev–Trinajstić information content (AvgIpc) is 3.04. The zero-order valence-electron chi connectivity index (χ0n) is 23.9. The molecule has 2 heterocycles. The highest BCUT2D eigenvalue weighted by atomic mass is 16.5. The van der Waals surface area contributed by atoms with Crippen molar-refractivity contribution in [1.29, 1.82) is 0 Å². The Hall–Kier alpha value is -4.21. The fraction of sp³-hybridized carbons (Fsp3) is 0.265. The molecule has 0 aliphatic carbocycles. The molecule has 3 aromatic carbocycles. The third kappa shape index (κ3) is 8.41. The minimum Gasteiger partial charge on any atom is -0.421 e. The van der Waals surface area contributed by atoms with Gasteiger partial charge in [-0.2, -0.15) is 0 Å². The maximum atomic E-state index is 12.3. The summed E-state index contributed by atoms with van der Waals surface area (Å²) in [6.45, 7) is 2.78. The Bertz CT molecular complexity index is 1500. The Morgan fingerprint density at radius 2 is 1.40 bits per heavy atom. The largest absolute Gasteiger partial charge is 0.421 e. The summed E-state index contributed by atoms with van der Waals surface area (Å²) in [7, 11) is 0.